The molecule has 0 spiro atoms. The highest BCUT2D eigenvalue weighted by molar-refractivity contribution is 6.05. The van der Waals surface area contributed by atoms with Gasteiger partial charge >= 0.3 is 0 Å². The van der Waals surface area contributed by atoms with Crippen molar-refractivity contribution in [1.29, 1.82) is 0 Å². The summed E-state index contributed by atoms with van der Waals surface area (Å²) in [6.45, 7) is 6.24. The maximum Gasteiger partial charge on any atom is 0.167 e. The minimum Gasteiger partial charge on any atom is -0.396 e. The maximum absolute atomic E-state index is 12.3. The number of ketones is 1. The van der Waals surface area contributed by atoms with Gasteiger partial charge in [0.25, 0.3) is 0 Å². The van der Waals surface area contributed by atoms with E-state index in [0.29, 0.717) is 6.42 Å². The van der Waals surface area contributed by atoms with Crippen molar-refractivity contribution in [1.82, 2.24) is 0 Å². The van der Waals surface area contributed by atoms with Crippen molar-refractivity contribution >= 4 is 5.78 Å². The van der Waals surface area contributed by atoms with Crippen LogP contribution in [-0.4, -0.2) is 17.5 Å². The average Bonchev–Trinajstić information content (AvgIpc) is 2.41. The third-order valence-electron chi connectivity index (χ3n) is 3.82. The van der Waals surface area contributed by atoms with E-state index in [9.17, 15) is 4.79 Å². The summed E-state index contributed by atoms with van der Waals surface area (Å²) in [6.07, 6.45) is 0.556. The van der Waals surface area contributed by atoms with Crippen LogP contribution in [0.2, 0.25) is 0 Å². The van der Waals surface area contributed by atoms with Crippen molar-refractivity contribution in [3.8, 4) is 0 Å². The zero-order valence-electron chi connectivity index (χ0n) is 10.1. The van der Waals surface area contributed by atoms with Crippen molar-refractivity contribution in [2.45, 2.75) is 32.6 Å². The number of hydrogen-bond acceptors (Lipinski definition) is 2. The number of carbonyl (C=O) groups excluding carboxylic acids is 1. The predicted octanol–water partition coefficient (Wildman–Crippen LogP) is 2.47. The van der Waals surface area contributed by atoms with Crippen LogP contribution < -0.4 is 0 Å². The SMILES string of the molecule is Cc1cccc2c1C(=O)C(CCO)C2(C)C. The summed E-state index contributed by atoms with van der Waals surface area (Å²) in [5.41, 5.74) is 2.92. The minimum atomic E-state index is -0.152. The van der Waals surface area contributed by atoms with E-state index in [-0.39, 0.29) is 23.7 Å². The first-order valence-corrected chi connectivity index (χ1v) is 5.75. The smallest absolute Gasteiger partial charge is 0.167 e. The van der Waals surface area contributed by atoms with Crippen molar-refractivity contribution in [2.75, 3.05) is 6.61 Å². The van der Waals surface area contributed by atoms with E-state index in [0.717, 1.165) is 16.7 Å². The molecule has 1 aromatic carbocycles. The fourth-order valence-corrected chi connectivity index (χ4v) is 2.84. The highest BCUT2D eigenvalue weighted by atomic mass is 16.3. The lowest BCUT2D eigenvalue weighted by molar-refractivity contribution is 0.0864. The van der Waals surface area contributed by atoms with Gasteiger partial charge in [-0.2, -0.15) is 0 Å². The van der Waals surface area contributed by atoms with Gasteiger partial charge in [-0.15, -0.1) is 0 Å². The third kappa shape index (κ3) is 1.40. The highest BCUT2D eigenvalue weighted by Crippen LogP contribution is 2.45. The van der Waals surface area contributed by atoms with E-state index >= 15 is 0 Å². The van der Waals surface area contributed by atoms with Crippen LogP contribution in [0.5, 0.6) is 0 Å². The van der Waals surface area contributed by atoms with E-state index < -0.39 is 0 Å². The van der Waals surface area contributed by atoms with Gasteiger partial charge in [0.1, 0.15) is 0 Å². The fraction of sp³-hybridized carbons (Fsp3) is 0.500. The predicted molar refractivity (Wildman–Crippen MR) is 63.7 cm³/mol. The molecule has 0 heterocycles. The molecule has 1 aromatic rings. The molecule has 86 valence electrons. The molecule has 0 aromatic heterocycles. The van der Waals surface area contributed by atoms with Crippen molar-refractivity contribution in [2.24, 2.45) is 5.92 Å². The Labute approximate surface area is 96.3 Å². The van der Waals surface area contributed by atoms with Gasteiger partial charge in [0, 0.05) is 23.5 Å². The quantitative estimate of drug-likeness (QED) is 0.828. The Morgan fingerprint density at radius 2 is 2.06 bits per heavy atom. The molecule has 2 nitrogen and oxygen atoms in total. The Bertz CT molecular complexity index is 432. The van der Waals surface area contributed by atoms with Crippen LogP contribution in [0, 0.1) is 12.8 Å². The van der Waals surface area contributed by atoms with Crippen LogP contribution in [-0.2, 0) is 5.41 Å². The minimum absolute atomic E-state index is 0.0754. The van der Waals surface area contributed by atoms with Gasteiger partial charge in [0.15, 0.2) is 5.78 Å². The topological polar surface area (TPSA) is 37.3 Å². The molecular weight excluding hydrogens is 200 g/mol. The molecular formula is C14H18O2. The van der Waals surface area contributed by atoms with Gasteiger partial charge in [-0.3, -0.25) is 4.79 Å². The summed E-state index contributed by atoms with van der Waals surface area (Å²) in [6, 6.07) is 6.02. The van der Waals surface area contributed by atoms with Gasteiger partial charge in [-0.1, -0.05) is 32.0 Å². The lowest BCUT2D eigenvalue weighted by Gasteiger charge is -2.26. The van der Waals surface area contributed by atoms with Crippen LogP contribution in [0.3, 0.4) is 0 Å². The van der Waals surface area contributed by atoms with E-state index in [2.05, 4.69) is 13.8 Å². The van der Waals surface area contributed by atoms with Crippen LogP contribution in [0.15, 0.2) is 18.2 Å². The number of Topliss-reactive ketones (excluding diaryl/α,β-unsaturated/α-hetero) is 1. The molecule has 0 bridgehead atoms. The van der Waals surface area contributed by atoms with Crippen molar-refractivity contribution < 1.29 is 9.90 Å². The molecule has 0 saturated carbocycles. The largest absolute Gasteiger partial charge is 0.396 e. The molecule has 1 atom stereocenters. The van der Waals surface area contributed by atoms with Gasteiger partial charge in [0.05, 0.1) is 0 Å². The van der Waals surface area contributed by atoms with E-state index in [4.69, 9.17) is 5.11 Å². The summed E-state index contributed by atoms with van der Waals surface area (Å²) >= 11 is 0. The first-order valence-electron chi connectivity index (χ1n) is 5.75. The van der Waals surface area contributed by atoms with Gasteiger partial charge in [0.2, 0.25) is 0 Å². The zero-order valence-corrected chi connectivity index (χ0v) is 10.1. The first-order chi connectivity index (χ1) is 7.50. The monoisotopic (exact) mass is 218 g/mol. The molecule has 0 fully saturated rings. The molecule has 1 aliphatic carbocycles. The second-order valence-electron chi connectivity index (χ2n) is 5.15. The average molecular weight is 218 g/mol. The Balaban J connectivity index is 2.57. The number of hydrogen-bond donors (Lipinski definition) is 1. The van der Waals surface area contributed by atoms with Crippen LogP contribution in [0.1, 0.15) is 41.8 Å². The Kier molecular flexibility index (Phi) is 2.62. The first kappa shape index (κ1) is 11.3. The number of aliphatic hydroxyl groups is 1. The van der Waals surface area contributed by atoms with Crippen molar-refractivity contribution in [3.05, 3.63) is 34.9 Å². The van der Waals surface area contributed by atoms with E-state index in [1.807, 2.05) is 25.1 Å². The van der Waals surface area contributed by atoms with Gasteiger partial charge < -0.3 is 5.11 Å². The summed E-state index contributed by atoms with van der Waals surface area (Å²) in [7, 11) is 0. The van der Waals surface area contributed by atoms with Crippen LogP contribution >= 0.6 is 0 Å². The molecule has 0 radical (unpaired) electrons. The number of aryl methyl sites for hydroxylation is 1. The standard InChI is InChI=1S/C14H18O2/c1-9-5-4-6-10-12(9)13(16)11(7-8-15)14(10,2)3/h4-6,11,15H,7-8H2,1-3H3. The number of fused-ring (bicyclic) bond motifs is 1. The molecule has 0 saturated heterocycles. The van der Waals surface area contributed by atoms with Crippen molar-refractivity contribution in [3.63, 3.8) is 0 Å². The fourth-order valence-electron chi connectivity index (χ4n) is 2.84. The third-order valence-corrected chi connectivity index (χ3v) is 3.82. The number of aliphatic hydroxyl groups excluding tert-OH is 1. The Hall–Kier alpha value is -1.15. The summed E-state index contributed by atoms with van der Waals surface area (Å²) < 4.78 is 0. The number of benzene rings is 1. The lowest BCUT2D eigenvalue weighted by Crippen LogP contribution is -2.27. The van der Waals surface area contributed by atoms with E-state index in [1.54, 1.807) is 0 Å². The zero-order chi connectivity index (χ0) is 11.9. The van der Waals surface area contributed by atoms with Gasteiger partial charge in [-0.05, 0) is 24.5 Å². The van der Waals surface area contributed by atoms with Crippen LogP contribution in [0.25, 0.3) is 0 Å². The second-order valence-corrected chi connectivity index (χ2v) is 5.15. The Morgan fingerprint density at radius 3 is 2.62 bits per heavy atom. The molecule has 2 rings (SSSR count). The van der Waals surface area contributed by atoms with E-state index in [1.165, 1.54) is 0 Å². The summed E-state index contributed by atoms with van der Waals surface area (Å²) in [5, 5.41) is 9.07. The molecule has 0 amide bonds. The molecule has 16 heavy (non-hydrogen) atoms. The Morgan fingerprint density at radius 1 is 1.38 bits per heavy atom. The second kappa shape index (κ2) is 3.70. The van der Waals surface area contributed by atoms with Crippen LogP contribution in [0.4, 0.5) is 0 Å². The molecule has 0 aliphatic heterocycles. The molecule has 1 unspecified atom stereocenters. The summed E-state index contributed by atoms with van der Waals surface area (Å²) in [4.78, 5) is 12.3. The van der Waals surface area contributed by atoms with Gasteiger partial charge in [-0.25, -0.2) is 0 Å². The number of carbonyl (C=O) groups is 1. The highest BCUT2D eigenvalue weighted by Gasteiger charge is 2.45. The maximum atomic E-state index is 12.3. The molecule has 1 N–H and O–H groups in total. The summed E-state index contributed by atoms with van der Waals surface area (Å²) in [5.74, 6) is 0.126. The molecule has 2 heteroatoms. The normalized spacial score (nSPS) is 22.2. The number of rotatable bonds is 2. The molecule has 1 aliphatic rings. The lowest BCUT2D eigenvalue weighted by atomic mass is 9.77.